The molecule has 2 aromatic heterocycles. The summed E-state index contributed by atoms with van der Waals surface area (Å²) in [6.45, 7) is 3.91. The molecule has 11 heavy (non-hydrogen) atoms. The maximum absolute atomic E-state index is 4.15. The first-order chi connectivity index (χ1) is 5.27. The van der Waals surface area contributed by atoms with Crippen LogP contribution in [0, 0.1) is 19.9 Å². The summed E-state index contributed by atoms with van der Waals surface area (Å²) in [6, 6.07) is 3.18. The molecule has 0 amide bonds. The van der Waals surface area contributed by atoms with Crippen molar-refractivity contribution in [1.82, 2.24) is 15.2 Å². The van der Waals surface area contributed by atoms with Crippen LogP contribution in [0.15, 0.2) is 6.20 Å². The van der Waals surface area contributed by atoms with Crippen LogP contribution in [0.2, 0.25) is 0 Å². The van der Waals surface area contributed by atoms with Crippen molar-refractivity contribution in [3.05, 3.63) is 23.5 Å². The first-order valence-corrected chi connectivity index (χ1v) is 3.47. The van der Waals surface area contributed by atoms with E-state index in [-0.39, 0.29) is 0 Å². The Kier molecular flexibility index (Phi) is 1.18. The number of H-pyrrole nitrogens is 1. The molecule has 0 saturated carbocycles. The highest BCUT2D eigenvalue weighted by Gasteiger charge is 2.00. The van der Waals surface area contributed by atoms with Crippen molar-refractivity contribution in [3.63, 3.8) is 0 Å². The molecule has 2 rings (SSSR count). The van der Waals surface area contributed by atoms with Crippen molar-refractivity contribution in [1.29, 1.82) is 0 Å². The van der Waals surface area contributed by atoms with Gasteiger partial charge in [-0.15, -0.1) is 0 Å². The second-order valence-electron chi connectivity index (χ2n) is 2.60. The fourth-order valence-corrected chi connectivity index (χ4v) is 1.05. The molecule has 0 saturated heterocycles. The van der Waals surface area contributed by atoms with Crippen molar-refractivity contribution >= 4 is 11.0 Å². The Morgan fingerprint density at radius 3 is 3.09 bits per heavy atom. The average molecular weight is 146 g/mol. The highest BCUT2D eigenvalue weighted by Crippen LogP contribution is 2.12. The van der Waals surface area contributed by atoms with Crippen LogP contribution in [0.25, 0.3) is 11.0 Å². The van der Waals surface area contributed by atoms with Crippen molar-refractivity contribution in [2.75, 3.05) is 0 Å². The topological polar surface area (TPSA) is 41.6 Å². The van der Waals surface area contributed by atoms with Crippen molar-refractivity contribution < 1.29 is 0 Å². The molecule has 1 N–H and O–H groups in total. The van der Waals surface area contributed by atoms with Crippen LogP contribution >= 0.6 is 0 Å². The summed E-state index contributed by atoms with van der Waals surface area (Å²) >= 11 is 0. The molecule has 0 aliphatic heterocycles. The molecule has 0 aliphatic rings. The van der Waals surface area contributed by atoms with Crippen LogP contribution in [-0.4, -0.2) is 15.2 Å². The predicted molar refractivity (Wildman–Crippen MR) is 42.2 cm³/mol. The van der Waals surface area contributed by atoms with E-state index < -0.39 is 0 Å². The highest BCUT2D eigenvalue weighted by molar-refractivity contribution is 5.76. The number of hydrogen-bond acceptors (Lipinski definition) is 2. The van der Waals surface area contributed by atoms with Gasteiger partial charge >= 0.3 is 0 Å². The smallest absolute Gasteiger partial charge is 0.155 e. The Balaban J connectivity index is 2.87. The zero-order valence-corrected chi connectivity index (χ0v) is 6.47. The molecular weight excluding hydrogens is 138 g/mol. The van der Waals surface area contributed by atoms with Gasteiger partial charge in [0.15, 0.2) is 5.65 Å². The fraction of sp³-hybridized carbons (Fsp3) is 0.250. The van der Waals surface area contributed by atoms with Gasteiger partial charge < -0.3 is 0 Å². The molecule has 3 heteroatoms. The Labute approximate surface area is 64.5 Å². The summed E-state index contributed by atoms with van der Waals surface area (Å²) in [5.74, 6) is 0. The van der Waals surface area contributed by atoms with Gasteiger partial charge in [0, 0.05) is 17.6 Å². The van der Waals surface area contributed by atoms with Gasteiger partial charge in [-0.05, 0) is 19.4 Å². The third kappa shape index (κ3) is 0.888. The standard InChI is InChI=1S/C8H8N3/c1-5-3-7-6(2)10-11-8(7)9-4-5/h4H,1-2H3,(H,9,10,11). The van der Waals surface area contributed by atoms with Gasteiger partial charge in [-0.2, -0.15) is 5.10 Å². The fourth-order valence-electron chi connectivity index (χ4n) is 1.05. The van der Waals surface area contributed by atoms with Gasteiger partial charge in [0.1, 0.15) is 0 Å². The number of fused-ring (bicyclic) bond motifs is 1. The Morgan fingerprint density at radius 1 is 1.45 bits per heavy atom. The van der Waals surface area contributed by atoms with Crippen LogP contribution in [0.4, 0.5) is 0 Å². The number of aromatic nitrogens is 3. The minimum absolute atomic E-state index is 0.813. The molecule has 0 spiro atoms. The summed E-state index contributed by atoms with van der Waals surface area (Å²) in [7, 11) is 0. The monoisotopic (exact) mass is 146 g/mol. The molecule has 2 aromatic rings. The number of aromatic amines is 1. The number of aryl methyl sites for hydroxylation is 2. The second-order valence-corrected chi connectivity index (χ2v) is 2.60. The van der Waals surface area contributed by atoms with E-state index >= 15 is 0 Å². The lowest BCUT2D eigenvalue weighted by Crippen LogP contribution is -1.78. The minimum atomic E-state index is 0.813. The first kappa shape index (κ1) is 6.34. The molecule has 0 unspecified atom stereocenters. The third-order valence-corrected chi connectivity index (χ3v) is 1.64. The number of pyridine rings is 1. The molecule has 0 bridgehead atoms. The second kappa shape index (κ2) is 2.05. The Hall–Kier alpha value is -1.38. The highest BCUT2D eigenvalue weighted by atomic mass is 15.1. The van der Waals surface area contributed by atoms with Crippen LogP contribution in [0.5, 0.6) is 0 Å². The van der Waals surface area contributed by atoms with Crippen molar-refractivity contribution in [2.24, 2.45) is 0 Å². The Morgan fingerprint density at radius 2 is 2.27 bits per heavy atom. The molecule has 0 aromatic carbocycles. The zero-order valence-electron chi connectivity index (χ0n) is 6.47. The number of nitrogens with one attached hydrogen (secondary N) is 1. The van der Waals surface area contributed by atoms with E-state index in [1.165, 1.54) is 0 Å². The molecule has 0 atom stereocenters. The van der Waals surface area contributed by atoms with E-state index in [4.69, 9.17) is 0 Å². The van der Waals surface area contributed by atoms with Crippen LogP contribution in [0.3, 0.4) is 0 Å². The molecule has 0 fully saturated rings. The van der Waals surface area contributed by atoms with E-state index in [1.54, 1.807) is 6.20 Å². The quantitative estimate of drug-likeness (QED) is 0.610. The summed E-state index contributed by atoms with van der Waals surface area (Å²) in [6.07, 6.45) is 1.78. The van der Waals surface area contributed by atoms with Crippen LogP contribution in [0.1, 0.15) is 11.3 Å². The van der Waals surface area contributed by atoms with Crippen molar-refractivity contribution in [3.8, 4) is 0 Å². The Bertz CT molecular complexity index is 389. The van der Waals surface area contributed by atoms with E-state index in [0.717, 1.165) is 22.3 Å². The van der Waals surface area contributed by atoms with E-state index in [9.17, 15) is 0 Å². The molecule has 2 heterocycles. The van der Waals surface area contributed by atoms with Gasteiger partial charge in [0.05, 0.1) is 5.69 Å². The maximum Gasteiger partial charge on any atom is 0.155 e. The van der Waals surface area contributed by atoms with Crippen LogP contribution < -0.4 is 0 Å². The largest absolute Gasteiger partial charge is 0.261 e. The lowest BCUT2D eigenvalue weighted by Gasteiger charge is -1.89. The molecule has 55 valence electrons. The number of nitrogens with zero attached hydrogens (tertiary/aromatic N) is 2. The number of rotatable bonds is 0. The van der Waals surface area contributed by atoms with Gasteiger partial charge in [-0.25, -0.2) is 4.98 Å². The molecule has 1 radical (unpaired) electrons. The van der Waals surface area contributed by atoms with E-state index in [1.807, 2.05) is 13.8 Å². The maximum atomic E-state index is 4.15. The summed E-state index contributed by atoms with van der Waals surface area (Å²) in [5, 5.41) is 7.83. The van der Waals surface area contributed by atoms with Gasteiger partial charge in [-0.3, -0.25) is 5.10 Å². The van der Waals surface area contributed by atoms with Gasteiger partial charge in [0.25, 0.3) is 0 Å². The molecule has 3 nitrogen and oxygen atoms in total. The lowest BCUT2D eigenvalue weighted by atomic mass is 10.2. The van der Waals surface area contributed by atoms with E-state index in [0.29, 0.717) is 0 Å². The summed E-state index contributed by atoms with van der Waals surface area (Å²) in [5.41, 5.74) is 2.81. The molecular formula is C8H8N3. The lowest BCUT2D eigenvalue weighted by molar-refractivity contribution is 1.05. The normalized spacial score (nSPS) is 10.7. The first-order valence-electron chi connectivity index (χ1n) is 3.47. The third-order valence-electron chi connectivity index (χ3n) is 1.64. The van der Waals surface area contributed by atoms with Gasteiger partial charge in [-0.1, -0.05) is 0 Å². The SMILES string of the molecule is Cc1[c]c2c(C)n[nH]c2nc1. The summed E-state index contributed by atoms with van der Waals surface area (Å²) < 4.78 is 0. The van der Waals surface area contributed by atoms with E-state index in [2.05, 4.69) is 21.2 Å². The minimum Gasteiger partial charge on any atom is -0.261 e. The average Bonchev–Trinajstić information content (AvgIpc) is 2.33. The number of hydrogen-bond donors (Lipinski definition) is 1. The van der Waals surface area contributed by atoms with Crippen LogP contribution in [-0.2, 0) is 0 Å². The van der Waals surface area contributed by atoms with Gasteiger partial charge in [0.2, 0.25) is 0 Å². The molecule has 0 aliphatic carbocycles. The summed E-state index contributed by atoms with van der Waals surface area (Å²) in [4.78, 5) is 4.15. The zero-order chi connectivity index (χ0) is 7.84. The predicted octanol–water partition coefficient (Wildman–Crippen LogP) is 1.37. The van der Waals surface area contributed by atoms with Crippen molar-refractivity contribution in [2.45, 2.75) is 13.8 Å².